The maximum Gasteiger partial charge on any atom is 0.145 e. The number of hydrogen-bond donors (Lipinski definition) is 1. The molecule has 0 aliphatic carbocycles. The van der Waals surface area contributed by atoms with Crippen LogP contribution < -0.4 is 5.32 Å². The molecule has 17 heavy (non-hydrogen) atoms. The van der Waals surface area contributed by atoms with Crippen LogP contribution in [0.15, 0.2) is 21.9 Å². The number of anilines is 1. The summed E-state index contributed by atoms with van der Waals surface area (Å²) in [5.74, 6) is 0.857. The average molecular weight is 298 g/mol. The van der Waals surface area contributed by atoms with Crippen LogP contribution in [0.5, 0.6) is 0 Å². The summed E-state index contributed by atoms with van der Waals surface area (Å²) in [6.07, 6.45) is 1.09. The van der Waals surface area contributed by atoms with Crippen molar-refractivity contribution in [2.75, 3.05) is 25.1 Å². The van der Waals surface area contributed by atoms with E-state index in [0.717, 1.165) is 41.3 Å². The molecular weight excluding hydrogens is 286 g/mol. The standard InChI is InChI=1S/C11H12BrN3O2/c12-10-2-1-8-9(3-4-13-11(8)14-10)15-17-6-7-5-16-7/h1-2,7H,3-6H2,(H,13,14)/b15-9-/t7-/m1/s1. The highest BCUT2D eigenvalue weighted by molar-refractivity contribution is 9.10. The molecule has 3 heterocycles. The number of halogens is 1. The van der Waals surface area contributed by atoms with E-state index < -0.39 is 0 Å². The zero-order chi connectivity index (χ0) is 11.7. The quantitative estimate of drug-likeness (QED) is 0.525. The second kappa shape index (κ2) is 4.62. The minimum absolute atomic E-state index is 0.239. The normalized spacial score (nSPS) is 24.1. The van der Waals surface area contributed by atoms with Crippen molar-refractivity contribution in [1.82, 2.24) is 4.98 Å². The topological polar surface area (TPSA) is 59.0 Å². The van der Waals surface area contributed by atoms with E-state index in [4.69, 9.17) is 9.57 Å². The maximum absolute atomic E-state index is 5.28. The van der Waals surface area contributed by atoms with Crippen LogP contribution in [0.2, 0.25) is 0 Å². The van der Waals surface area contributed by atoms with Gasteiger partial charge in [0.15, 0.2) is 0 Å². The van der Waals surface area contributed by atoms with E-state index in [2.05, 4.69) is 31.4 Å². The largest absolute Gasteiger partial charge is 0.393 e. The Hall–Kier alpha value is -1.14. The molecule has 0 saturated carbocycles. The predicted octanol–water partition coefficient (Wildman–Crippen LogP) is 1.78. The van der Waals surface area contributed by atoms with E-state index in [0.29, 0.717) is 6.61 Å². The highest BCUT2D eigenvalue weighted by atomic mass is 79.9. The summed E-state index contributed by atoms with van der Waals surface area (Å²) < 4.78 is 5.87. The molecule has 6 heteroatoms. The maximum atomic E-state index is 5.28. The molecule has 1 atom stereocenters. The number of fused-ring (bicyclic) bond motifs is 1. The lowest BCUT2D eigenvalue weighted by atomic mass is 10.1. The summed E-state index contributed by atoms with van der Waals surface area (Å²) in [5.41, 5.74) is 1.95. The Balaban J connectivity index is 1.77. The number of epoxide rings is 1. The molecule has 5 nitrogen and oxygen atoms in total. The van der Waals surface area contributed by atoms with Crippen molar-refractivity contribution >= 4 is 27.5 Å². The van der Waals surface area contributed by atoms with E-state index in [9.17, 15) is 0 Å². The Morgan fingerprint density at radius 1 is 1.59 bits per heavy atom. The molecule has 3 rings (SSSR count). The number of pyridine rings is 1. The molecule has 2 aliphatic heterocycles. The number of nitrogens with one attached hydrogen (secondary N) is 1. The lowest BCUT2D eigenvalue weighted by Crippen LogP contribution is -2.20. The van der Waals surface area contributed by atoms with Crippen molar-refractivity contribution in [1.29, 1.82) is 0 Å². The summed E-state index contributed by atoms with van der Waals surface area (Å²) in [4.78, 5) is 9.64. The predicted molar refractivity (Wildman–Crippen MR) is 67.3 cm³/mol. The monoisotopic (exact) mass is 297 g/mol. The summed E-state index contributed by atoms with van der Waals surface area (Å²) in [6.45, 7) is 2.16. The van der Waals surface area contributed by atoms with E-state index in [1.165, 1.54) is 0 Å². The minimum atomic E-state index is 0.239. The molecule has 0 spiro atoms. The number of nitrogens with zero attached hydrogens (tertiary/aromatic N) is 2. The summed E-state index contributed by atoms with van der Waals surface area (Å²) in [5, 5.41) is 7.42. The van der Waals surface area contributed by atoms with Crippen LogP contribution in [0.4, 0.5) is 5.82 Å². The highest BCUT2D eigenvalue weighted by Crippen LogP contribution is 2.22. The van der Waals surface area contributed by atoms with Crippen LogP contribution in [0, 0.1) is 0 Å². The zero-order valence-corrected chi connectivity index (χ0v) is 10.7. The molecule has 0 unspecified atom stereocenters. The van der Waals surface area contributed by atoms with Crippen molar-refractivity contribution in [3.63, 3.8) is 0 Å². The summed E-state index contributed by atoms with van der Waals surface area (Å²) in [6, 6.07) is 3.90. The zero-order valence-electron chi connectivity index (χ0n) is 9.15. The van der Waals surface area contributed by atoms with Crippen LogP contribution >= 0.6 is 15.9 Å². The van der Waals surface area contributed by atoms with Gasteiger partial charge in [-0.1, -0.05) is 5.16 Å². The number of oxime groups is 1. The number of hydrogen-bond acceptors (Lipinski definition) is 5. The molecule has 1 N–H and O–H groups in total. The second-order valence-corrected chi connectivity index (χ2v) is 4.81. The van der Waals surface area contributed by atoms with Gasteiger partial charge in [-0.05, 0) is 28.1 Å². The molecule has 1 aromatic rings. The Morgan fingerprint density at radius 3 is 3.29 bits per heavy atom. The smallest absolute Gasteiger partial charge is 0.145 e. The minimum Gasteiger partial charge on any atom is -0.393 e. The van der Waals surface area contributed by atoms with Gasteiger partial charge in [0.1, 0.15) is 23.1 Å². The van der Waals surface area contributed by atoms with Gasteiger partial charge in [-0.25, -0.2) is 4.98 Å². The van der Waals surface area contributed by atoms with Crippen molar-refractivity contribution in [2.45, 2.75) is 12.5 Å². The van der Waals surface area contributed by atoms with Gasteiger partial charge < -0.3 is 14.9 Å². The van der Waals surface area contributed by atoms with Gasteiger partial charge in [0.2, 0.25) is 0 Å². The van der Waals surface area contributed by atoms with Crippen LogP contribution in [0.3, 0.4) is 0 Å². The second-order valence-electron chi connectivity index (χ2n) is 4.00. The van der Waals surface area contributed by atoms with Gasteiger partial charge in [-0.3, -0.25) is 0 Å². The number of aromatic nitrogens is 1. The molecule has 0 aromatic carbocycles. The van der Waals surface area contributed by atoms with Crippen LogP contribution in [-0.4, -0.2) is 36.6 Å². The SMILES string of the molecule is Brc1ccc2c(n1)NCC/C2=N/OC[C@H]1CO1. The summed E-state index contributed by atoms with van der Waals surface area (Å²) >= 11 is 3.35. The first-order valence-electron chi connectivity index (χ1n) is 5.54. The van der Waals surface area contributed by atoms with Gasteiger partial charge in [0, 0.05) is 18.5 Å². The average Bonchev–Trinajstić information content (AvgIpc) is 3.13. The van der Waals surface area contributed by atoms with Crippen molar-refractivity contribution < 1.29 is 9.57 Å². The van der Waals surface area contributed by atoms with E-state index in [1.54, 1.807) is 0 Å². The van der Waals surface area contributed by atoms with Crippen molar-refractivity contribution in [2.24, 2.45) is 5.16 Å². The lowest BCUT2D eigenvalue weighted by Gasteiger charge is -2.18. The van der Waals surface area contributed by atoms with E-state index in [-0.39, 0.29) is 6.10 Å². The lowest BCUT2D eigenvalue weighted by molar-refractivity contribution is 0.124. The first kappa shape index (κ1) is 11.0. The molecule has 90 valence electrons. The van der Waals surface area contributed by atoms with Crippen LogP contribution in [0.25, 0.3) is 0 Å². The number of rotatable bonds is 3. The van der Waals surface area contributed by atoms with Gasteiger partial charge in [0.05, 0.1) is 12.3 Å². The summed E-state index contributed by atoms with van der Waals surface area (Å²) in [7, 11) is 0. The van der Waals surface area contributed by atoms with Crippen LogP contribution in [0.1, 0.15) is 12.0 Å². The molecule has 1 saturated heterocycles. The Kier molecular flexibility index (Phi) is 2.98. The fourth-order valence-corrected chi connectivity index (χ4v) is 2.00. The Bertz CT molecular complexity index is 460. The molecule has 0 bridgehead atoms. The molecule has 0 radical (unpaired) electrons. The van der Waals surface area contributed by atoms with Gasteiger partial charge in [0.25, 0.3) is 0 Å². The molecule has 1 fully saturated rings. The molecular formula is C11H12BrN3O2. The fourth-order valence-electron chi connectivity index (χ4n) is 1.69. The third-order valence-corrected chi connectivity index (χ3v) is 3.11. The molecule has 2 aliphatic rings. The Morgan fingerprint density at radius 2 is 2.47 bits per heavy atom. The van der Waals surface area contributed by atoms with Gasteiger partial charge >= 0.3 is 0 Å². The van der Waals surface area contributed by atoms with Gasteiger partial charge in [-0.2, -0.15) is 0 Å². The highest BCUT2D eigenvalue weighted by Gasteiger charge is 2.23. The van der Waals surface area contributed by atoms with Crippen molar-refractivity contribution in [3.05, 3.63) is 22.3 Å². The first-order valence-corrected chi connectivity index (χ1v) is 6.33. The molecule has 0 amide bonds. The van der Waals surface area contributed by atoms with E-state index in [1.807, 2.05) is 12.1 Å². The Labute approximate surface area is 107 Å². The van der Waals surface area contributed by atoms with Crippen molar-refractivity contribution in [3.8, 4) is 0 Å². The van der Waals surface area contributed by atoms with Crippen LogP contribution in [-0.2, 0) is 9.57 Å². The fraction of sp³-hybridized carbons (Fsp3) is 0.455. The van der Waals surface area contributed by atoms with Gasteiger partial charge in [-0.15, -0.1) is 0 Å². The number of ether oxygens (including phenoxy) is 1. The van der Waals surface area contributed by atoms with E-state index >= 15 is 0 Å². The first-order chi connectivity index (χ1) is 8.33. The third kappa shape index (κ3) is 2.58. The molecule has 1 aromatic heterocycles. The third-order valence-electron chi connectivity index (χ3n) is 2.66.